The minimum absolute atomic E-state index is 0.0797. The number of amides is 3. The van der Waals surface area contributed by atoms with Crippen molar-refractivity contribution in [2.45, 2.75) is 84.0 Å². The number of fused-ring (bicyclic) bond motifs is 3. The largest absolute Gasteiger partial charge is 0.480 e. The van der Waals surface area contributed by atoms with Gasteiger partial charge in [-0.2, -0.15) is 0 Å². The highest BCUT2D eigenvalue weighted by Gasteiger charge is 2.32. The summed E-state index contributed by atoms with van der Waals surface area (Å²) in [6.07, 6.45) is -1.43. The number of alkyl carbamates (subject to hydrolysis) is 2. The van der Waals surface area contributed by atoms with Crippen molar-refractivity contribution in [1.29, 1.82) is 0 Å². The van der Waals surface area contributed by atoms with Crippen LogP contribution in [-0.2, 0) is 19.0 Å². The Morgan fingerprint density at radius 1 is 0.844 bits per heavy atom. The van der Waals surface area contributed by atoms with Gasteiger partial charge in [0.15, 0.2) is 0 Å². The number of carboxylic acid groups (broad SMARTS) is 1. The maximum atomic E-state index is 13.0. The Morgan fingerprint density at radius 3 is 1.80 bits per heavy atom. The monoisotopic (exact) mass is 624 g/mol. The summed E-state index contributed by atoms with van der Waals surface area (Å²) in [7, 11) is 1.41. The van der Waals surface area contributed by atoms with Gasteiger partial charge in [0.2, 0.25) is 5.96 Å². The maximum absolute atomic E-state index is 13.0. The number of likely N-dealkylation sites (N-methyl/N-ethyl adjacent to an activating group) is 1. The molecule has 3 amide bonds. The first-order valence-electron chi connectivity index (χ1n) is 14.9. The molecule has 2 aromatic carbocycles. The molecular weight excluding hydrogens is 580 g/mol. The van der Waals surface area contributed by atoms with Gasteiger partial charge in [0, 0.05) is 19.5 Å². The van der Waals surface area contributed by atoms with Crippen LogP contribution in [0.3, 0.4) is 0 Å². The molecule has 1 aliphatic rings. The lowest BCUT2D eigenvalue weighted by atomic mass is 9.98. The van der Waals surface area contributed by atoms with Crippen LogP contribution in [0.25, 0.3) is 11.1 Å². The SMILES string of the molecule is CN(C(=O)OCC1c2ccccc2-c2ccccc21)[C@H](CCCCN=C(NC(=O)OC(C)(C)C)NC(=O)OC(C)(C)C)C(=O)O. The highest BCUT2D eigenvalue weighted by Crippen LogP contribution is 2.44. The van der Waals surface area contributed by atoms with E-state index in [2.05, 4.69) is 15.6 Å². The molecule has 0 saturated carbocycles. The molecule has 0 spiro atoms. The van der Waals surface area contributed by atoms with E-state index in [0.717, 1.165) is 27.2 Å². The highest BCUT2D eigenvalue weighted by molar-refractivity contribution is 6.01. The lowest BCUT2D eigenvalue weighted by Crippen LogP contribution is -2.47. The summed E-state index contributed by atoms with van der Waals surface area (Å²) < 4.78 is 16.1. The van der Waals surface area contributed by atoms with Crippen LogP contribution in [0.1, 0.15) is 77.8 Å². The molecule has 0 radical (unpaired) electrons. The minimum Gasteiger partial charge on any atom is -0.480 e. The molecule has 0 fully saturated rings. The summed E-state index contributed by atoms with van der Waals surface area (Å²) >= 11 is 0. The maximum Gasteiger partial charge on any atom is 0.414 e. The van der Waals surface area contributed by atoms with Crippen LogP contribution >= 0.6 is 0 Å². The van der Waals surface area contributed by atoms with Gasteiger partial charge in [-0.05, 0) is 83.1 Å². The second kappa shape index (κ2) is 14.9. The smallest absolute Gasteiger partial charge is 0.414 e. The second-order valence-electron chi connectivity index (χ2n) is 12.7. The molecule has 0 unspecified atom stereocenters. The molecule has 0 aromatic heterocycles. The summed E-state index contributed by atoms with van der Waals surface area (Å²) in [4.78, 5) is 54.9. The van der Waals surface area contributed by atoms with Crippen LogP contribution in [0.15, 0.2) is 53.5 Å². The average molecular weight is 625 g/mol. The number of rotatable bonds is 9. The minimum atomic E-state index is -1.16. The summed E-state index contributed by atoms with van der Waals surface area (Å²) in [5.74, 6) is -1.47. The van der Waals surface area contributed by atoms with E-state index >= 15 is 0 Å². The predicted molar refractivity (Wildman–Crippen MR) is 169 cm³/mol. The Hall–Kier alpha value is -4.61. The van der Waals surface area contributed by atoms with Gasteiger partial charge in [-0.1, -0.05) is 48.5 Å². The van der Waals surface area contributed by atoms with Gasteiger partial charge in [0.25, 0.3) is 0 Å². The fraction of sp³-hybridized carbons (Fsp3) is 0.485. The van der Waals surface area contributed by atoms with E-state index in [1.54, 1.807) is 41.5 Å². The number of hydrogen-bond donors (Lipinski definition) is 3. The number of carbonyl (C=O) groups is 4. The number of aliphatic carboxylic acids is 1. The van der Waals surface area contributed by atoms with Crippen LogP contribution in [-0.4, -0.2) is 77.7 Å². The van der Waals surface area contributed by atoms with Crippen LogP contribution in [0.5, 0.6) is 0 Å². The molecule has 0 aliphatic heterocycles. The van der Waals surface area contributed by atoms with Gasteiger partial charge in [0.05, 0.1) is 0 Å². The average Bonchev–Trinajstić information content (AvgIpc) is 3.24. The molecule has 2 aromatic rings. The Bertz CT molecular complexity index is 1330. The van der Waals surface area contributed by atoms with Crippen LogP contribution in [0, 0.1) is 0 Å². The lowest BCUT2D eigenvalue weighted by molar-refractivity contribution is -0.142. The highest BCUT2D eigenvalue weighted by atomic mass is 16.6. The van der Waals surface area contributed by atoms with E-state index in [0.29, 0.717) is 12.8 Å². The van der Waals surface area contributed by atoms with Crippen LogP contribution in [0.4, 0.5) is 14.4 Å². The van der Waals surface area contributed by atoms with Crippen molar-refractivity contribution >= 4 is 30.2 Å². The molecule has 3 N–H and O–H groups in total. The topological polar surface area (TPSA) is 156 Å². The number of ether oxygens (including phenoxy) is 3. The third kappa shape index (κ3) is 10.5. The molecule has 3 rings (SSSR count). The number of nitrogens with zero attached hydrogens (tertiary/aromatic N) is 2. The number of carbonyl (C=O) groups excluding carboxylic acids is 3. The Balaban J connectivity index is 1.56. The molecular formula is C33H44N4O8. The second-order valence-corrected chi connectivity index (χ2v) is 12.7. The van der Waals surface area contributed by atoms with Crippen LogP contribution < -0.4 is 10.6 Å². The fourth-order valence-corrected chi connectivity index (χ4v) is 4.86. The summed E-state index contributed by atoms with van der Waals surface area (Å²) in [6, 6.07) is 14.8. The number of aliphatic imine (C=N–C) groups is 1. The van der Waals surface area contributed by atoms with Crippen molar-refractivity contribution in [3.8, 4) is 11.1 Å². The first-order chi connectivity index (χ1) is 21.1. The van der Waals surface area contributed by atoms with Crippen molar-refractivity contribution in [1.82, 2.24) is 15.5 Å². The quantitative estimate of drug-likeness (QED) is 0.135. The van der Waals surface area contributed by atoms with E-state index < -0.39 is 41.5 Å². The van der Waals surface area contributed by atoms with Gasteiger partial charge in [-0.25, -0.2) is 19.2 Å². The van der Waals surface area contributed by atoms with E-state index in [9.17, 15) is 24.3 Å². The van der Waals surface area contributed by atoms with Crippen LogP contribution in [0.2, 0.25) is 0 Å². The molecule has 1 atom stereocenters. The predicted octanol–water partition coefficient (Wildman–Crippen LogP) is 5.90. The van der Waals surface area contributed by atoms with Crippen molar-refractivity contribution in [3.63, 3.8) is 0 Å². The molecule has 45 heavy (non-hydrogen) atoms. The molecule has 0 saturated heterocycles. The summed E-state index contributed by atoms with van der Waals surface area (Å²) in [6.45, 7) is 10.4. The van der Waals surface area contributed by atoms with Crippen molar-refractivity contribution in [2.75, 3.05) is 20.2 Å². The molecule has 0 heterocycles. The first-order valence-corrected chi connectivity index (χ1v) is 14.9. The third-order valence-corrected chi connectivity index (χ3v) is 6.77. The van der Waals surface area contributed by atoms with E-state index in [1.165, 1.54) is 7.05 Å². The number of unbranched alkanes of at least 4 members (excludes halogenated alkanes) is 1. The first kappa shape index (κ1) is 34.9. The molecule has 0 bridgehead atoms. The molecule has 244 valence electrons. The number of carboxylic acids is 1. The van der Waals surface area contributed by atoms with Gasteiger partial charge in [-0.15, -0.1) is 0 Å². The number of nitrogens with one attached hydrogen (secondary N) is 2. The lowest BCUT2D eigenvalue weighted by Gasteiger charge is -2.25. The van der Waals surface area contributed by atoms with E-state index in [4.69, 9.17) is 14.2 Å². The van der Waals surface area contributed by atoms with Crippen molar-refractivity contribution in [2.24, 2.45) is 4.99 Å². The number of hydrogen-bond acceptors (Lipinski definition) is 8. The number of benzene rings is 2. The summed E-state index contributed by atoms with van der Waals surface area (Å²) in [5, 5.41) is 14.7. The zero-order valence-electron chi connectivity index (χ0n) is 27.0. The van der Waals surface area contributed by atoms with Gasteiger partial charge < -0.3 is 19.3 Å². The molecule has 12 heteroatoms. The third-order valence-electron chi connectivity index (χ3n) is 6.77. The van der Waals surface area contributed by atoms with Gasteiger partial charge in [0.1, 0.15) is 23.9 Å². The summed E-state index contributed by atoms with van der Waals surface area (Å²) in [5.41, 5.74) is 2.77. The zero-order valence-corrected chi connectivity index (χ0v) is 27.0. The standard InChI is InChI=1S/C33H44N4O8/c1-32(2,3)44-29(40)35-28(36-30(41)45-33(4,5)6)34-19-13-12-18-26(27(38)39)37(7)31(42)43-20-25-23-16-10-8-14-21(23)22-15-9-11-17-24(22)25/h8-11,14-17,25-26H,12-13,18-20H2,1-7H3,(H,38,39)(H2,34,35,36,40,41)/t26-/m1/s1. The Kier molecular flexibility index (Phi) is 11.6. The Morgan fingerprint density at radius 2 is 1.33 bits per heavy atom. The van der Waals surface area contributed by atoms with Gasteiger partial charge >= 0.3 is 24.2 Å². The zero-order chi connectivity index (χ0) is 33.4. The van der Waals surface area contributed by atoms with E-state index in [1.807, 2.05) is 48.5 Å². The fourth-order valence-electron chi connectivity index (χ4n) is 4.86. The van der Waals surface area contributed by atoms with Crippen molar-refractivity contribution in [3.05, 3.63) is 59.7 Å². The normalized spacial score (nSPS) is 13.0. The molecule has 1 aliphatic carbocycles. The van der Waals surface area contributed by atoms with Gasteiger partial charge in [-0.3, -0.25) is 20.5 Å². The Labute approximate surface area is 264 Å². The molecule has 12 nitrogen and oxygen atoms in total. The van der Waals surface area contributed by atoms with E-state index in [-0.39, 0.29) is 31.4 Å². The van der Waals surface area contributed by atoms with Crippen molar-refractivity contribution < 1.29 is 38.5 Å². The number of guanidine groups is 1.